The van der Waals surface area contributed by atoms with E-state index in [2.05, 4.69) is 5.10 Å². The molecule has 0 aromatic carbocycles. The van der Waals surface area contributed by atoms with Crippen LogP contribution in [0.4, 0.5) is 0 Å². The molecule has 2 atom stereocenters. The molecule has 0 bridgehead atoms. The van der Waals surface area contributed by atoms with E-state index in [1.54, 1.807) is 0 Å². The number of nitrogens with zero attached hydrogens (tertiary/aromatic N) is 2. The normalized spacial score (nSPS) is 27.9. The summed E-state index contributed by atoms with van der Waals surface area (Å²) in [6, 6.07) is 0.117. The van der Waals surface area contributed by atoms with Gasteiger partial charge < -0.3 is 10.5 Å². The van der Waals surface area contributed by atoms with E-state index in [4.69, 9.17) is 10.5 Å². The smallest absolute Gasteiger partial charge is 0.101 e. The van der Waals surface area contributed by atoms with Gasteiger partial charge in [0.25, 0.3) is 0 Å². The highest BCUT2D eigenvalue weighted by molar-refractivity contribution is 5.21. The first-order chi connectivity index (χ1) is 6.70. The van der Waals surface area contributed by atoms with Crippen LogP contribution in [0.1, 0.15) is 30.2 Å². The molecule has 1 fully saturated rings. The second-order valence-electron chi connectivity index (χ2n) is 3.91. The third kappa shape index (κ3) is 1.55. The number of aromatic nitrogens is 2. The van der Waals surface area contributed by atoms with Crippen molar-refractivity contribution in [3.05, 3.63) is 17.5 Å². The lowest BCUT2D eigenvalue weighted by Crippen LogP contribution is -2.34. The fraction of sp³-hybridized carbons (Fsp3) is 0.700. The van der Waals surface area contributed by atoms with Gasteiger partial charge in [-0.2, -0.15) is 5.10 Å². The summed E-state index contributed by atoms with van der Waals surface area (Å²) in [5.41, 5.74) is 8.31. The van der Waals surface area contributed by atoms with E-state index >= 15 is 0 Å². The molecule has 78 valence electrons. The summed E-state index contributed by atoms with van der Waals surface area (Å²) in [5, 5.41) is 4.21. The Balaban J connectivity index is 2.24. The van der Waals surface area contributed by atoms with Gasteiger partial charge >= 0.3 is 0 Å². The molecule has 4 heteroatoms. The Hall–Kier alpha value is -0.870. The molecule has 1 aliphatic rings. The molecule has 4 nitrogen and oxygen atoms in total. The van der Waals surface area contributed by atoms with Crippen LogP contribution in [-0.2, 0) is 11.8 Å². The second-order valence-corrected chi connectivity index (χ2v) is 3.91. The van der Waals surface area contributed by atoms with Gasteiger partial charge in [-0.1, -0.05) is 0 Å². The lowest BCUT2D eigenvalue weighted by Gasteiger charge is -2.28. The zero-order chi connectivity index (χ0) is 10.1. The topological polar surface area (TPSA) is 53.1 Å². The van der Waals surface area contributed by atoms with Crippen molar-refractivity contribution in [2.45, 2.75) is 31.9 Å². The minimum atomic E-state index is 0.0393. The summed E-state index contributed by atoms with van der Waals surface area (Å²) in [5.74, 6) is 0. The molecule has 2 unspecified atom stereocenters. The zero-order valence-electron chi connectivity index (χ0n) is 8.73. The van der Waals surface area contributed by atoms with Crippen molar-refractivity contribution in [2.24, 2.45) is 12.8 Å². The van der Waals surface area contributed by atoms with Crippen molar-refractivity contribution in [3.63, 3.8) is 0 Å². The fourth-order valence-corrected chi connectivity index (χ4v) is 1.92. The van der Waals surface area contributed by atoms with Crippen LogP contribution in [0.25, 0.3) is 0 Å². The maximum atomic E-state index is 6.03. The van der Waals surface area contributed by atoms with Crippen LogP contribution >= 0.6 is 0 Å². The van der Waals surface area contributed by atoms with Crippen LogP contribution in [0, 0.1) is 6.92 Å². The molecule has 0 aliphatic carbocycles. The van der Waals surface area contributed by atoms with Crippen LogP contribution in [0.3, 0.4) is 0 Å². The van der Waals surface area contributed by atoms with Gasteiger partial charge in [0.1, 0.15) is 6.10 Å². The Morgan fingerprint density at radius 2 is 2.43 bits per heavy atom. The van der Waals surface area contributed by atoms with Crippen molar-refractivity contribution in [3.8, 4) is 0 Å². The van der Waals surface area contributed by atoms with Gasteiger partial charge in [-0.15, -0.1) is 0 Å². The number of hydrogen-bond acceptors (Lipinski definition) is 3. The molecule has 1 aromatic rings. The van der Waals surface area contributed by atoms with E-state index in [9.17, 15) is 0 Å². The Bertz CT molecular complexity index is 321. The fourth-order valence-electron chi connectivity index (χ4n) is 1.92. The van der Waals surface area contributed by atoms with Crippen LogP contribution in [0.15, 0.2) is 6.20 Å². The molecule has 1 saturated heterocycles. The summed E-state index contributed by atoms with van der Waals surface area (Å²) in [6.07, 6.45) is 4.01. The predicted octanol–water partition coefficient (Wildman–Crippen LogP) is 0.907. The molecule has 2 N–H and O–H groups in total. The molecule has 2 heterocycles. The molecule has 14 heavy (non-hydrogen) atoms. The van der Waals surface area contributed by atoms with Crippen molar-refractivity contribution in [2.75, 3.05) is 6.61 Å². The van der Waals surface area contributed by atoms with E-state index in [1.165, 1.54) is 0 Å². The average Bonchev–Trinajstić information content (AvgIpc) is 2.49. The molecule has 0 radical (unpaired) electrons. The first-order valence-electron chi connectivity index (χ1n) is 5.06. The number of ether oxygens (including phenoxy) is 1. The lowest BCUT2D eigenvalue weighted by atomic mass is 9.97. The highest BCUT2D eigenvalue weighted by Gasteiger charge is 2.26. The Morgan fingerprint density at radius 1 is 1.64 bits per heavy atom. The minimum Gasteiger partial charge on any atom is -0.372 e. The maximum Gasteiger partial charge on any atom is 0.101 e. The van der Waals surface area contributed by atoms with Crippen LogP contribution in [-0.4, -0.2) is 22.4 Å². The summed E-state index contributed by atoms with van der Waals surface area (Å²) in [7, 11) is 1.94. The van der Waals surface area contributed by atoms with Crippen molar-refractivity contribution in [1.82, 2.24) is 9.78 Å². The molecule has 2 rings (SSSR count). The average molecular weight is 195 g/mol. The van der Waals surface area contributed by atoms with Crippen LogP contribution < -0.4 is 5.73 Å². The summed E-state index contributed by atoms with van der Waals surface area (Å²) in [4.78, 5) is 0. The minimum absolute atomic E-state index is 0.0393. The Labute approximate surface area is 84.0 Å². The number of nitrogens with two attached hydrogens (primary N) is 1. The molecule has 0 saturated carbocycles. The summed E-state index contributed by atoms with van der Waals surface area (Å²) in [6.45, 7) is 2.86. The second kappa shape index (κ2) is 3.71. The van der Waals surface area contributed by atoms with Gasteiger partial charge in [0, 0.05) is 31.0 Å². The van der Waals surface area contributed by atoms with Crippen molar-refractivity contribution in [1.29, 1.82) is 0 Å². The van der Waals surface area contributed by atoms with E-state index < -0.39 is 0 Å². The van der Waals surface area contributed by atoms with Crippen LogP contribution in [0.5, 0.6) is 0 Å². The molecule has 1 aromatic heterocycles. The number of aryl methyl sites for hydroxylation is 1. The third-order valence-corrected chi connectivity index (χ3v) is 2.95. The molecule has 0 spiro atoms. The highest BCUT2D eigenvalue weighted by atomic mass is 16.5. The zero-order valence-corrected chi connectivity index (χ0v) is 8.73. The first-order valence-corrected chi connectivity index (χ1v) is 5.06. The van der Waals surface area contributed by atoms with Gasteiger partial charge in [0.2, 0.25) is 0 Å². The monoisotopic (exact) mass is 195 g/mol. The molecular weight excluding hydrogens is 178 g/mol. The van der Waals surface area contributed by atoms with E-state index in [0.29, 0.717) is 0 Å². The van der Waals surface area contributed by atoms with Gasteiger partial charge in [0.15, 0.2) is 0 Å². The molecular formula is C10H17N3O. The Morgan fingerprint density at radius 3 is 3.00 bits per heavy atom. The Kier molecular flexibility index (Phi) is 2.56. The van der Waals surface area contributed by atoms with Crippen LogP contribution in [0.2, 0.25) is 0 Å². The lowest BCUT2D eigenvalue weighted by molar-refractivity contribution is -0.000271. The maximum absolute atomic E-state index is 6.03. The largest absolute Gasteiger partial charge is 0.372 e. The predicted molar refractivity (Wildman–Crippen MR) is 53.8 cm³/mol. The SMILES string of the molecule is Cc1c(C2OCCCC2N)cnn1C. The van der Waals surface area contributed by atoms with Crippen molar-refractivity contribution >= 4 is 0 Å². The molecule has 1 aliphatic heterocycles. The summed E-state index contributed by atoms with van der Waals surface area (Å²) >= 11 is 0. The van der Waals surface area contributed by atoms with Crippen molar-refractivity contribution < 1.29 is 4.74 Å². The quantitative estimate of drug-likeness (QED) is 0.724. The highest BCUT2D eigenvalue weighted by Crippen LogP contribution is 2.28. The third-order valence-electron chi connectivity index (χ3n) is 2.95. The number of rotatable bonds is 1. The van der Waals surface area contributed by atoms with E-state index in [0.717, 1.165) is 30.7 Å². The van der Waals surface area contributed by atoms with E-state index in [1.807, 2.05) is 24.9 Å². The molecule has 0 amide bonds. The van der Waals surface area contributed by atoms with Gasteiger partial charge in [-0.05, 0) is 19.8 Å². The van der Waals surface area contributed by atoms with Gasteiger partial charge in [-0.3, -0.25) is 4.68 Å². The first kappa shape index (κ1) is 9.68. The van der Waals surface area contributed by atoms with Gasteiger partial charge in [-0.25, -0.2) is 0 Å². The standard InChI is InChI=1S/C10H17N3O/c1-7-8(6-12-13(7)2)10-9(11)4-3-5-14-10/h6,9-10H,3-5,11H2,1-2H3. The van der Waals surface area contributed by atoms with E-state index in [-0.39, 0.29) is 12.1 Å². The van der Waals surface area contributed by atoms with Gasteiger partial charge in [0.05, 0.1) is 6.20 Å². The summed E-state index contributed by atoms with van der Waals surface area (Å²) < 4.78 is 7.55. The number of hydrogen-bond donors (Lipinski definition) is 1.